The lowest BCUT2D eigenvalue weighted by molar-refractivity contribution is -0.137. The van der Waals surface area contributed by atoms with Crippen molar-refractivity contribution >= 4 is 5.91 Å². The van der Waals surface area contributed by atoms with E-state index in [1.54, 1.807) is 0 Å². The van der Waals surface area contributed by atoms with Gasteiger partial charge in [0.25, 0.3) is 0 Å². The Bertz CT molecular complexity index is 569. The third-order valence-electron chi connectivity index (χ3n) is 4.33. The Kier molecular flexibility index (Phi) is 4.64. The van der Waals surface area contributed by atoms with Crippen LogP contribution in [0, 0.1) is 0 Å². The number of carbonyl (C=O) groups excluding carboxylic acids is 1. The van der Waals surface area contributed by atoms with Crippen LogP contribution in [0.15, 0.2) is 6.20 Å². The Labute approximate surface area is 140 Å². The fourth-order valence-electron chi connectivity index (χ4n) is 3.12. The van der Waals surface area contributed by atoms with E-state index < -0.39 is 0 Å². The maximum atomic E-state index is 12.1. The van der Waals surface area contributed by atoms with Gasteiger partial charge in [0.05, 0.1) is 18.8 Å². The molecule has 23 heavy (non-hydrogen) atoms. The first-order chi connectivity index (χ1) is 10.4. The second kappa shape index (κ2) is 5.93. The van der Waals surface area contributed by atoms with Gasteiger partial charge >= 0.3 is 0 Å². The van der Waals surface area contributed by atoms with Crippen molar-refractivity contribution in [1.29, 1.82) is 0 Å². The van der Waals surface area contributed by atoms with Gasteiger partial charge in [-0.1, -0.05) is 41.5 Å². The van der Waals surface area contributed by atoms with Gasteiger partial charge in [-0.2, -0.15) is 5.10 Å². The summed E-state index contributed by atoms with van der Waals surface area (Å²) in [7, 11) is 3.85. The third-order valence-corrected chi connectivity index (χ3v) is 4.33. The lowest BCUT2D eigenvalue weighted by Crippen LogP contribution is -2.53. The number of carbonyl (C=O) groups is 1. The predicted molar refractivity (Wildman–Crippen MR) is 93.8 cm³/mol. The molecule has 0 spiro atoms. The second-order valence-electron chi connectivity index (χ2n) is 9.04. The quantitative estimate of drug-likeness (QED) is 0.859. The molecule has 0 bridgehead atoms. The number of hydrogen-bond acceptors (Lipinski definition) is 3. The molecule has 1 aromatic heterocycles. The van der Waals surface area contributed by atoms with Crippen molar-refractivity contribution in [2.24, 2.45) is 0 Å². The van der Waals surface area contributed by atoms with Gasteiger partial charge in [0, 0.05) is 24.2 Å². The summed E-state index contributed by atoms with van der Waals surface area (Å²) < 4.78 is 2.17. The van der Waals surface area contributed by atoms with Crippen LogP contribution in [0.2, 0.25) is 0 Å². The molecule has 130 valence electrons. The summed E-state index contributed by atoms with van der Waals surface area (Å²) in [4.78, 5) is 16.0. The minimum Gasteiger partial charge on any atom is -0.337 e. The first-order valence-electron chi connectivity index (χ1n) is 8.42. The molecule has 0 aliphatic carbocycles. The normalized spacial score (nSPS) is 16.8. The zero-order chi connectivity index (χ0) is 17.6. The molecule has 0 saturated carbocycles. The van der Waals surface area contributed by atoms with E-state index in [2.05, 4.69) is 46.2 Å². The van der Waals surface area contributed by atoms with Crippen molar-refractivity contribution in [2.75, 3.05) is 33.7 Å². The molecule has 2 rings (SSSR count). The molecule has 5 nitrogen and oxygen atoms in total. The van der Waals surface area contributed by atoms with Crippen LogP contribution in [0.25, 0.3) is 0 Å². The SMILES string of the molecule is CN(C)CC(=O)N1CC(n2ncc(C(C)(C)C)c2C(C)(C)C)C1. The summed E-state index contributed by atoms with van der Waals surface area (Å²) in [5.74, 6) is 0.201. The van der Waals surface area contributed by atoms with Crippen molar-refractivity contribution in [2.45, 2.75) is 58.4 Å². The van der Waals surface area contributed by atoms with Gasteiger partial charge in [0.15, 0.2) is 0 Å². The van der Waals surface area contributed by atoms with Gasteiger partial charge in [-0.3, -0.25) is 9.48 Å². The molecule has 1 amide bonds. The Hall–Kier alpha value is -1.36. The van der Waals surface area contributed by atoms with Crippen molar-refractivity contribution in [3.8, 4) is 0 Å². The highest BCUT2D eigenvalue weighted by Crippen LogP contribution is 2.36. The molecule has 0 unspecified atom stereocenters. The zero-order valence-electron chi connectivity index (χ0n) is 16.0. The summed E-state index contributed by atoms with van der Waals surface area (Å²) in [6, 6.07) is 0.298. The highest BCUT2D eigenvalue weighted by molar-refractivity contribution is 5.79. The lowest BCUT2D eigenvalue weighted by atomic mass is 9.79. The van der Waals surface area contributed by atoms with Gasteiger partial charge < -0.3 is 9.80 Å². The number of likely N-dealkylation sites (N-methyl/N-ethyl adjacent to an activating group) is 1. The fraction of sp³-hybridized carbons (Fsp3) is 0.778. The average molecular weight is 320 g/mol. The van der Waals surface area contributed by atoms with Crippen molar-refractivity contribution in [3.63, 3.8) is 0 Å². The molecule has 2 heterocycles. The molecule has 1 aliphatic heterocycles. The number of likely N-dealkylation sites (tertiary alicyclic amines) is 1. The fourth-order valence-corrected chi connectivity index (χ4v) is 3.12. The zero-order valence-corrected chi connectivity index (χ0v) is 16.0. The van der Waals surface area contributed by atoms with Gasteiger partial charge in [0.2, 0.25) is 5.91 Å². The molecule has 1 fully saturated rings. The van der Waals surface area contributed by atoms with Crippen LogP contribution in [0.5, 0.6) is 0 Å². The Morgan fingerprint density at radius 1 is 1.17 bits per heavy atom. The van der Waals surface area contributed by atoms with E-state index in [4.69, 9.17) is 5.10 Å². The average Bonchev–Trinajstić information content (AvgIpc) is 2.69. The van der Waals surface area contributed by atoms with E-state index in [9.17, 15) is 4.79 Å². The van der Waals surface area contributed by atoms with E-state index in [-0.39, 0.29) is 16.7 Å². The summed E-state index contributed by atoms with van der Waals surface area (Å²) in [6.45, 7) is 15.4. The number of nitrogens with zero attached hydrogens (tertiary/aromatic N) is 4. The van der Waals surface area contributed by atoms with Crippen LogP contribution in [0.1, 0.15) is 58.8 Å². The van der Waals surface area contributed by atoms with Gasteiger partial charge in [-0.05, 0) is 25.1 Å². The van der Waals surface area contributed by atoms with Crippen molar-refractivity contribution in [3.05, 3.63) is 17.5 Å². The summed E-state index contributed by atoms with van der Waals surface area (Å²) in [5.41, 5.74) is 2.72. The number of hydrogen-bond donors (Lipinski definition) is 0. The van der Waals surface area contributed by atoms with Crippen LogP contribution in [-0.2, 0) is 15.6 Å². The van der Waals surface area contributed by atoms with E-state index in [1.807, 2.05) is 30.1 Å². The minimum atomic E-state index is 0.0349. The monoisotopic (exact) mass is 320 g/mol. The maximum Gasteiger partial charge on any atom is 0.236 e. The van der Waals surface area contributed by atoms with Gasteiger partial charge in [-0.15, -0.1) is 0 Å². The smallest absolute Gasteiger partial charge is 0.236 e. The lowest BCUT2D eigenvalue weighted by Gasteiger charge is -2.42. The molecule has 0 N–H and O–H groups in total. The van der Waals surface area contributed by atoms with E-state index in [0.717, 1.165) is 13.1 Å². The summed E-state index contributed by atoms with van der Waals surface area (Å²) in [6.07, 6.45) is 2.02. The number of amides is 1. The van der Waals surface area contributed by atoms with Crippen molar-refractivity contribution in [1.82, 2.24) is 19.6 Å². The van der Waals surface area contributed by atoms with Crippen molar-refractivity contribution < 1.29 is 4.79 Å². The molecule has 0 aromatic carbocycles. The third kappa shape index (κ3) is 3.77. The molecule has 5 heteroatoms. The molecule has 0 atom stereocenters. The second-order valence-corrected chi connectivity index (χ2v) is 9.04. The first-order valence-corrected chi connectivity index (χ1v) is 8.42. The number of aromatic nitrogens is 2. The summed E-state index contributed by atoms with van der Waals surface area (Å²) in [5, 5.41) is 4.69. The molecule has 1 aliphatic rings. The Morgan fingerprint density at radius 3 is 2.17 bits per heavy atom. The Morgan fingerprint density at radius 2 is 1.74 bits per heavy atom. The molecule has 1 aromatic rings. The number of rotatable bonds is 3. The first kappa shape index (κ1) is 18.0. The van der Waals surface area contributed by atoms with Gasteiger partial charge in [-0.25, -0.2) is 0 Å². The van der Waals surface area contributed by atoms with E-state index >= 15 is 0 Å². The van der Waals surface area contributed by atoms with Crippen LogP contribution in [0.4, 0.5) is 0 Å². The highest BCUT2D eigenvalue weighted by Gasteiger charge is 2.37. The minimum absolute atomic E-state index is 0.0349. The van der Waals surface area contributed by atoms with Crippen LogP contribution in [0.3, 0.4) is 0 Å². The topological polar surface area (TPSA) is 41.4 Å². The highest BCUT2D eigenvalue weighted by atomic mass is 16.2. The van der Waals surface area contributed by atoms with Crippen LogP contribution >= 0.6 is 0 Å². The molecular formula is C18H32N4O. The Balaban J connectivity index is 2.20. The predicted octanol–water partition coefficient (Wildman–Crippen LogP) is 2.42. The molecule has 1 saturated heterocycles. The van der Waals surface area contributed by atoms with Crippen LogP contribution in [-0.4, -0.2) is 59.2 Å². The van der Waals surface area contributed by atoms with E-state index in [1.165, 1.54) is 11.3 Å². The van der Waals surface area contributed by atoms with Gasteiger partial charge in [0.1, 0.15) is 0 Å². The largest absolute Gasteiger partial charge is 0.337 e. The summed E-state index contributed by atoms with van der Waals surface area (Å²) >= 11 is 0. The maximum absolute atomic E-state index is 12.1. The molecule has 0 radical (unpaired) electrons. The van der Waals surface area contributed by atoms with Crippen LogP contribution < -0.4 is 0 Å². The molecular weight excluding hydrogens is 288 g/mol. The standard InChI is InChI=1S/C18H32N4O/c1-17(2,3)14-9-19-22(16(14)18(4,5)6)13-10-21(11-13)15(23)12-20(7)8/h9,13H,10-12H2,1-8H3. The van der Waals surface area contributed by atoms with E-state index in [0.29, 0.717) is 12.6 Å².